The van der Waals surface area contributed by atoms with E-state index < -0.39 is 0 Å². The van der Waals surface area contributed by atoms with Crippen LogP contribution in [0.1, 0.15) is 5.56 Å². The molecule has 0 fully saturated rings. The fraction of sp³-hybridized carbons (Fsp3) is 0.0667. The highest BCUT2D eigenvalue weighted by molar-refractivity contribution is 9.11. The summed E-state index contributed by atoms with van der Waals surface area (Å²) in [6, 6.07) is 8.46. The molecular formula is C15H10Br2Cl3N3O. The first-order valence-electron chi connectivity index (χ1n) is 6.52. The number of benzene rings is 2. The molecule has 0 aromatic heterocycles. The zero-order valence-corrected chi connectivity index (χ0v) is 17.4. The number of amides is 1. The van der Waals surface area contributed by atoms with E-state index in [-0.39, 0.29) is 12.5 Å². The Bertz CT molecular complexity index is 777. The lowest BCUT2D eigenvalue weighted by molar-refractivity contribution is -0.119. The number of halogens is 5. The van der Waals surface area contributed by atoms with Gasteiger partial charge in [0.25, 0.3) is 5.91 Å². The summed E-state index contributed by atoms with van der Waals surface area (Å²) in [4.78, 5) is 11.8. The molecule has 0 spiro atoms. The number of carbonyl (C=O) groups excluding carboxylic acids is 1. The molecule has 9 heteroatoms. The molecule has 2 rings (SSSR count). The third-order valence-electron chi connectivity index (χ3n) is 2.79. The van der Waals surface area contributed by atoms with E-state index >= 15 is 0 Å². The summed E-state index contributed by atoms with van der Waals surface area (Å²) in [7, 11) is 0. The van der Waals surface area contributed by atoms with Gasteiger partial charge in [-0.2, -0.15) is 5.10 Å². The summed E-state index contributed by atoms with van der Waals surface area (Å²) < 4.78 is 1.48. The quantitative estimate of drug-likeness (QED) is 0.396. The first-order valence-corrected chi connectivity index (χ1v) is 9.24. The van der Waals surface area contributed by atoms with Crippen LogP contribution in [0.4, 0.5) is 5.69 Å². The van der Waals surface area contributed by atoms with E-state index in [1.165, 1.54) is 6.21 Å². The van der Waals surface area contributed by atoms with Gasteiger partial charge in [0.05, 0.1) is 23.5 Å². The summed E-state index contributed by atoms with van der Waals surface area (Å²) in [6.45, 7) is 0.0323. The summed E-state index contributed by atoms with van der Waals surface area (Å²) in [5.41, 5.74) is 3.79. The normalized spacial score (nSPS) is 10.9. The first-order chi connectivity index (χ1) is 11.4. The van der Waals surface area contributed by atoms with E-state index in [9.17, 15) is 4.79 Å². The molecule has 2 aromatic carbocycles. The Morgan fingerprint density at radius 1 is 1.08 bits per heavy atom. The maximum Gasteiger partial charge on any atom is 0.259 e. The van der Waals surface area contributed by atoms with Crippen LogP contribution in [-0.2, 0) is 4.79 Å². The summed E-state index contributed by atoms with van der Waals surface area (Å²) in [5, 5.41) is 8.42. The van der Waals surface area contributed by atoms with E-state index in [0.717, 1.165) is 14.6 Å². The molecule has 126 valence electrons. The Morgan fingerprint density at radius 2 is 1.75 bits per heavy atom. The summed E-state index contributed by atoms with van der Waals surface area (Å²) >= 11 is 24.5. The van der Waals surface area contributed by atoms with Gasteiger partial charge in [0.2, 0.25) is 0 Å². The average Bonchev–Trinajstić information content (AvgIpc) is 2.48. The maximum atomic E-state index is 11.8. The van der Waals surface area contributed by atoms with Crippen molar-refractivity contribution in [3.63, 3.8) is 0 Å². The van der Waals surface area contributed by atoms with Crippen LogP contribution in [0.3, 0.4) is 0 Å². The van der Waals surface area contributed by atoms with E-state index in [0.29, 0.717) is 20.6 Å². The highest BCUT2D eigenvalue weighted by Crippen LogP contribution is 2.33. The zero-order valence-electron chi connectivity index (χ0n) is 11.9. The van der Waals surface area contributed by atoms with Crippen molar-refractivity contribution in [3.8, 4) is 0 Å². The van der Waals surface area contributed by atoms with Gasteiger partial charge >= 0.3 is 0 Å². The number of hydrogen-bond acceptors (Lipinski definition) is 3. The summed E-state index contributed by atoms with van der Waals surface area (Å²) in [6.07, 6.45) is 1.45. The van der Waals surface area contributed by atoms with Gasteiger partial charge in [-0.15, -0.1) is 0 Å². The third-order valence-corrected chi connectivity index (χ3v) is 4.82. The van der Waals surface area contributed by atoms with E-state index in [1.807, 2.05) is 0 Å². The first kappa shape index (κ1) is 19.5. The van der Waals surface area contributed by atoms with Crippen LogP contribution in [0.25, 0.3) is 0 Å². The van der Waals surface area contributed by atoms with Crippen LogP contribution in [0, 0.1) is 0 Å². The maximum absolute atomic E-state index is 11.8. The molecule has 0 atom stereocenters. The minimum absolute atomic E-state index is 0.0323. The van der Waals surface area contributed by atoms with Crippen LogP contribution in [-0.4, -0.2) is 18.7 Å². The molecule has 1 amide bonds. The van der Waals surface area contributed by atoms with Crippen LogP contribution >= 0.6 is 66.7 Å². The number of hydrazone groups is 1. The third kappa shape index (κ3) is 5.63. The van der Waals surface area contributed by atoms with Crippen molar-refractivity contribution in [1.29, 1.82) is 0 Å². The van der Waals surface area contributed by atoms with Crippen LogP contribution in [0.15, 0.2) is 44.4 Å². The highest BCUT2D eigenvalue weighted by Gasteiger charge is 2.08. The number of anilines is 1. The second-order valence-corrected chi connectivity index (χ2v) is 7.55. The second-order valence-electron chi connectivity index (χ2n) is 4.56. The molecular weight excluding hydrogens is 504 g/mol. The Kier molecular flexibility index (Phi) is 7.37. The minimum atomic E-state index is -0.315. The average molecular weight is 514 g/mol. The van der Waals surface area contributed by atoms with Gasteiger partial charge in [-0.3, -0.25) is 4.79 Å². The predicted molar refractivity (Wildman–Crippen MR) is 108 cm³/mol. The van der Waals surface area contributed by atoms with E-state index in [2.05, 4.69) is 47.7 Å². The lowest BCUT2D eigenvalue weighted by Gasteiger charge is -2.10. The molecule has 0 saturated carbocycles. The molecule has 0 heterocycles. The van der Waals surface area contributed by atoms with Crippen molar-refractivity contribution in [2.45, 2.75) is 0 Å². The summed E-state index contributed by atoms with van der Waals surface area (Å²) in [5.74, 6) is -0.315. The zero-order chi connectivity index (χ0) is 17.7. The molecule has 0 aliphatic carbocycles. The smallest absolute Gasteiger partial charge is 0.259 e. The van der Waals surface area contributed by atoms with Crippen molar-refractivity contribution in [2.75, 3.05) is 11.9 Å². The van der Waals surface area contributed by atoms with Gasteiger partial charge in [-0.1, -0.05) is 40.9 Å². The molecule has 4 nitrogen and oxygen atoms in total. The van der Waals surface area contributed by atoms with Crippen molar-refractivity contribution in [2.24, 2.45) is 5.10 Å². The Hall–Kier alpha value is -0.790. The van der Waals surface area contributed by atoms with Gasteiger partial charge < -0.3 is 5.32 Å². The number of rotatable bonds is 5. The lowest BCUT2D eigenvalue weighted by atomic mass is 10.2. The van der Waals surface area contributed by atoms with Crippen molar-refractivity contribution >= 4 is 84.5 Å². The highest BCUT2D eigenvalue weighted by atomic mass is 79.9. The van der Waals surface area contributed by atoms with Crippen molar-refractivity contribution in [1.82, 2.24) is 5.43 Å². The molecule has 2 aromatic rings. The molecule has 2 N–H and O–H groups in total. The molecule has 0 radical (unpaired) electrons. The Morgan fingerprint density at radius 3 is 2.38 bits per heavy atom. The molecule has 0 unspecified atom stereocenters. The minimum Gasteiger partial charge on any atom is -0.374 e. The largest absolute Gasteiger partial charge is 0.374 e. The Labute approximate surface area is 170 Å². The van der Waals surface area contributed by atoms with Gasteiger partial charge in [0.15, 0.2) is 0 Å². The number of nitrogens with one attached hydrogen (secondary N) is 2. The van der Waals surface area contributed by atoms with Crippen LogP contribution in [0.2, 0.25) is 15.1 Å². The second kappa shape index (κ2) is 9.06. The molecule has 0 saturated heterocycles. The number of hydrogen-bond donors (Lipinski definition) is 2. The molecule has 0 bridgehead atoms. The van der Waals surface area contributed by atoms with Gasteiger partial charge in [0.1, 0.15) is 0 Å². The van der Waals surface area contributed by atoms with Crippen LogP contribution < -0.4 is 10.7 Å². The lowest BCUT2D eigenvalue weighted by Crippen LogP contribution is -2.26. The fourth-order valence-electron chi connectivity index (χ4n) is 1.70. The van der Waals surface area contributed by atoms with E-state index in [4.69, 9.17) is 34.8 Å². The van der Waals surface area contributed by atoms with Crippen LogP contribution in [0.5, 0.6) is 0 Å². The molecule has 0 aliphatic heterocycles. The fourth-order valence-corrected chi connectivity index (χ4v) is 4.11. The number of carbonyl (C=O) groups is 1. The monoisotopic (exact) mass is 511 g/mol. The standard InChI is InChI=1S/C15H10Br2Cl3N3O/c16-11-3-10(19)4-12(17)15(11)21-7-14(24)23-22-6-8-1-2-9(18)5-13(8)20/h1-6,21H,7H2,(H,23,24)/b22-6-. The van der Waals surface area contributed by atoms with E-state index in [1.54, 1.807) is 30.3 Å². The van der Waals surface area contributed by atoms with Gasteiger partial charge in [-0.05, 0) is 56.1 Å². The molecule has 0 aliphatic rings. The SMILES string of the molecule is O=C(CNc1c(Br)cc(Cl)cc1Br)N/N=C\c1ccc(Cl)cc1Cl. The topological polar surface area (TPSA) is 53.5 Å². The van der Waals surface area contributed by atoms with Crippen molar-refractivity contribution in [3.05, 3.63) is 59.9 Å². The van der Waals surface area contributed by atoms with Gasteiger partial charge in [-0.25, -0.2) is 5.43 Å². The molecule has 24 heavy (non-hydrogen) atoms. The van der Waals surface area contributed by atoms with Gasteiger partial charge in [0, 0.05) is 24.6 Å². The predicted octanol–water partition coefficient (Wildman–Crippen LogP) is 5.73. The number of nitrogens with zero attached hydrogens (tertiary/aromatic N) is 1. The van der Waals surface area contributed by atoms with Crippen molar-refractivity contribution < 1.29 is 4.79 Å². The Balaban J connectivity index is 1.91.